The Morgan fingerprint density at radius 1 is 0.931 bits per heavy atom. The molecule has 0 aliphatic rings. The van der Waals surface area contributed by atoms with Gasteiger partial charge in [-0.15, -0.1) is 0 Å². The fourth-order valence-corrected chi connectivity index (χ4v) is 4.62. The SMILES string of the molecule is O=S(=O)(Nc1ncns1)c1ccc(Oc2ccccc2-c2ccccc2)c(Cl)c1. The lowest BCUT2D eigenvalue weighted by atomic mass is 10.1. The molecule has 6 nitrogen and oxygen atoms in total. The molecule has 0 aliphatic carbocycles. The number of para-hydroxylation sites is 1. The summed E-state index contributed by atoms with van der Waals surface area (Å²) in [6.45, 7) is 0. The molecule has 29 heavy (non-hydrogen) atoms. The number of benzene rings is 3. The van der Waals surface area contributed by atoms with E-state index >= 15 is 0 Å². The van der Waals surface area contributed by atoms with Gasteiger partial charge in [0.15, 0.2) is 0 Å². The smallest absolute Gasteiger partial charge is 0.263 e. The summed E-state index contributed by atoms with van der Waals surface area (Å²) in [5.74, 6) is 0.966. The molecule has 0 radical (unpaired) electrons. The van der Waals surface area contributed by atoms with E-state index in [-0.39, 0.29) is 15.0 Å². The Balaban J connectivity index is 1.62. The van der Waals surface area contributed by atoms with Gasteiger partial charge in [-0.1, -0.05) is 60.1 Å². The van der Waals surface area contributed by atoms with E-state index in [1.54, 1.807) is 0 Å². The van der Waals surface area contributed by atoms with Crippen LogP contribution in [0.1, 0.15) is 0 Å². The zero-order valence-corrected chi connectivity index (χ0v) is 17.2. The van der Waals surface area contributed by atoms with Crippen molar-refractivity contribution in [2.75, 3.05) is 4.72 Å². The van der Waals surface area contributed by atoms with Crippen molar-refractivity contribution in [1.29, 1.82) is 0 Å². The number of aromatic nitrogens is 2. The average molecular weight is 444 g/mol. The molecule has 0 bridgehead atoms. The van der Waals surface area contributed by atoms with Crippen LogP contribution in [0.25, 0.3) is 11.1 Å². The summed E-state index contributed by atoms with van der Waals surface area (Å²) in [5.41, 5.74) is 1.90. The number of nitrogens with zero attached hydrogens (tertiary/aromatic N) is 2. The third-order valence-corrected chi connectivity index (χ3v) is 6.33. The van der Waals surface area contributed by atoms with Crippen LogP contribution in [0.5, 0.6) is 11.5 Å². The van der Waals surface area contributed by atoms with Crippen molar-refractivity contribution in [2.24, 2.45) is 0 Å². The van der Waals surface area contributed by atoms with E-state index in [0.717, 1.165) is 22.7 Å². The van der Waals surface area contributed by atoms with Gasteiger partial charge < -0.3 is 4.74 Å². The zero-order chi connectivity index (χ0) is 20.3. The lowest BCUT2D eigenvalue weighted by molar-refractivity contribution is 0.484. The molecule has 1 aromatic heterocycles. The van der Waals surface area contributed by atoms with Crippen molar-refractivity contribution in [2.45, 2.75) is 4.90 Å². The predicted octanol–water partition coefficient (Wildman–Crippen LogP) is 5.45. The van der Waals surface area contributed by atoms with Crippen molar-refractivity contribution in [3.63, 3.8) is 0 Å². The quantitative estimate of drug-likeness (QED) is 0.428. The second-order valence-electron chi connectivity index (χ2n) is 5.91. The highest BCUT2D eigenvalue weighted by molar-refractivity contribution is 7.93. The van der Waals surface area contributed by atoms with E-state index in [9.17, 15) is 8.42 Å². The minimum absolute atomic E-state index is 0.00129. The van der Waals surface area contributed by atoms with E-state index in [4.69, 9.17) is 16.3 Å². The summed E-state index contributed by atoms with van der Waals surface area (Å²) < 4.78 is 37.1. The molecule has 0 saturated carbocycles. The maximum atomic E-state index is 12.5. The number of ether oxygens (including phenoxy) is 1. The van der Waals surface area contributed by atoms with Gasteiger partial charge in [0.2, 0.25) is 5.13 Å². The minimum Gasteiger partial charge on any atom is -0.455 e. The first-order valence-corrected chi connectivity index (χ1v) is 11.1. The van der Waals surface area contributed by atoms with Crippen molar-refractivity contribution in [1.82, 2.24) is 9.36 Å². The van der Waals surface area contributed by atoms with E-state index in [0.29, 0.717) is 11.5 Å². The summed E-state index contributed by atoms with van der Waals surface area (Å²) in [7, 11) is -3.83. The van der Waals surface area contributed by atoms with Crippen LogP contribution in [-0.2, 0) is 10.0 Å². The maximum Gasteiger partial charge on any atom is 0.263 e. The highest BCUT2D eigenvalue weighted by Gasteiger charge is 2.18. The monoisotopic (exact) mass is 443 g/mol. The third kappa shape index (κ3) is 4.40. The summed E-state index contributed by atoms with van der Waals surface area (Å²) in [6.07, 6.45) is 1.27. The number of rotatable bonds is 6. The van der Waals surface area contributed by atoms with Gasteiger partial charge in [-0.3, -0.25) is 4.72 Å². The molecular formula is C20H14ClN3O3S2. The van der Waals surface area contributed by atoms with Crippen LogP contribution >= 0.6 is 23.1 Å². The van der Waals surface area contributed by atoms with Crippen LogP contribution in [0, 0.1) is 0 Å². The summed E-state index contributed by atoms with van der Waals surface area (Å²) >= 11 is 7.27. The number of halogens is 1. The van der Waals surface area contributed by atoms with Crippen molar-refractivity contribution in [3.05, 3.63) is 84.1 Å². The predicted molar refractivity (Wildman–Crippen MR) is 114 cm³/mol. The van der Waals surface area contributed by atoms with Gasteiger partial charge in [0.05, 0.1) is 9.92 Å². The number of sulfonamides is 1. The van der Waals surface area contributed by atoms with Gasteiger partial charge in [-0.25, -0.2) is 13.4 Å². The molecule has 0 amide bonds. The molecule has 4 aromatic rings. The molecule has 0 aliphatic heterocycles. The van der Waals surface area contributed by atoms with Gasteiger partial charge in [0, 0.05) is 17.1 Å². The van der Waals surface area contributed by atoms with E-state index < -0.39 is 10.0 Å². The van der Waals surface area contributed by atoms with Crippen LogP contribution in [-0.4, -0.2) is 17.8 Å². The third-order valence-electron chi connectivity index (χ3n) is 3.99. The standard InChI is InChI=1S/C20H14ClN3O3S2/c21-17-12-15(29(25,26)24-20-22-13-23-28-20)10-11-19(17)27-18-9-5-4-8-16(18)14-6-2-1-3-7-14/h1-13H,(H,22,23,24). The molecule has 146 valence electrons. The first-order valence-electron chi connectivity index (χ1n) is 8.44. The van der Waals surface area contributed by atoms with Gasteiger partial charge >= 0.3 is 0 Å². The molecule has 0 saturated heterocycles. The van der Waals surface area contributed by atoms with Crippen molar-refractivity contribution in [3.8, 4) is 22.6 Å². The fourth-order valence-electron chi connectivity index (χ4n) is 2.65. The Hall–Kier alpha value is -2.94. The molecule has 1 heterocycles. The highest BCUT2D eigenvalue weighted by Crippen LogP contribution is 2.37. The lowest BCUT2D eigenvalue weighted by Crippen LogP contribution is -2.12. The molecule has 4 rings (SSSR count). The molecular weight excluding hydrogens is 430 g/mol. The first-order chi connectivity index (χ1) is 14.0. The zero-order valence-electron chi connectivity index (χ0n) is 14.8. The molecule has 3 aromatic carbocycles. The van der Waals surface area contributed by atoms with Gasteiger partial charge in [-0.2, -0.15) is 4.37 Å². The fraction of sp³-hybridized carbons (Fsp3) is 0. The Morgan fingerprint density at radius 2 is 1.69 bits per heavy atom. The molecule has 9 heteroatoms. The van der Waals surface area contributed by atoms with E-state index in [2.05, 4.69) is 14.1 Å². The summed E-state index contributed by atoms with van der Waals surface area (Å²) in [6, 6.07) is 21.7. The van der Waals surface area contributed by atoms with Gasteiger partial charge in [0.1, 0.15) is 17.8 Å². The van der Waals surface area contributed by atoms with Gasteiger partial charge in [0.25, 0.3) is 10.0 Å². The molecule has 0 atom stereocenters. The number of nitrogens with one attached hydrogen (secondary N) is 1. The van der Waals surface area contributed by atoms with Gasteiger partial charge in [-0.05, 0) is 29.8 Å². The molecule has 0 fully saturated rings. The first kappa shape index (κ1) is 19.4. The molecule has 0 spiro atoms. The van der Waals surface area contributed by atoms with E-state index in [1.165, 1.54) is 24.5 Å². The van der Waals surface area contributed by atoms with Crippen LogP contribution in [0.3, 0.4) is 0 Å². The molecule has 0 unspecified atom stereocenters. The molecule has 1 N–H and O–H groups in total. The largest absolute Gasteiger partial charge is 0.455 e. The number of hydrogen-bond acceptors (Lipinski definition) is 6. The average Bonchev–Trinajstić information content (AvgIpc) is 3.23. The number of hydrogen-bond donors (Lipinski definition) is 1. The maximum absolute atomic E-state index is 12.5. The van der Waals surface area contributed by atoms with Crippen LogP contribution in [0.2, 0.25) is 5.02 Å². The van der Waals surface area contributed by atoms with Crippen LogP contribution in [0.4, 0.5) is 5.13 Å². The van der Waals surface area contributed by atoms with Crippen LogP contribution in [0.15, 0.2) is 84.0 Å². The Kier molecular flexibility index (Phi) is 5.48. The van der Waals surface area contributed by atoms with Crippen molar-refractivity contribution < 1.29 is 13.2 Å². The summed E-state index contributed by atoms with van der Waals surface area (Å²) in [4.78, 5) is 3.82. The highest BCUT2D eigenvalue weighted by atomic mass is 35.5. The topological polar surface area (TPSA) is 81.2 Å². The summed E-state index contributed by atoms with van der Waals surface area (Å²) in [5, 5.41) is 0.353. The van der Waals surface area contributed by atoms with Crippen molar-refractivity contribution >= 4 is 38.3 Å². The Morgan fingerprint density at radius 3 is 2.41 bits per heavy atom. The Labute approximate surface area is 177 Å². The Bertz CT molecular complexity index is 1230. The second kappa shape index (κ2) is 8.20. The lowest BCUT2D eigenvalue weighted by Gasteiger charge is -2.13. The minimum atomic E-state index is -3.83. The normalized spacial score (nSPS) is 11.2. The number of anilines is 1. The second-order valence-corrected chi connectivity index (χ2v) is 8.78. The van der Waals surface area contributed by atoms with Crippen LogP contribution < -0.4 is 9.46 Å². The van der Waals surface area contributed by atoms with E-state index in [1.807, 2.05) is 54.6 Å².